The van der Waals surface area contributed by atoms with Gasteiger partial charge in [0.1, 0.15) is 49.0 Å². The molecule has 4 aliphatic rings. The van der Waals surface area contributed by atoms with Gasteiger partial charge in [0.2, 0.25) is 6.54 Å². The molecule has 1 unspecified atom stereocenters. The molecule has 0 aromatic rings. The summed E-state index contributed by atoms with van der Waals surface area (Å²) in [4.78, 5) is 3.40. The Bertz CT molecular complexity index is 702. The van der Waals surface area contributed by atoms with Gasteiger partial charge in [-0.05, 0) is 34.6 Å². The molecule has 188 valence electrons. The molecule has 0 radical (unpaired) electrons. The normalized spacial score (nSPS) is 38.5. The molecule has 0 aromatic carbocycles. The number of fused-ring (bicyclic) bond motifs is 4. The van der Waals surface area contributed by atoms with Crippen molar-refractivity contribution in [1.82, 2.24) is 4.67 Å². The molecule has 4 rings (SSSR count). The van der Waals surface area contributed by atoms with E-state index in [0.717, 1.165) is 0 Å². The zero-order chi connectivity index (χ0) is 24.3. The Morgan fingerprint density at radius 2 is 1.85 bits per heavy atom. The van der Waals surface area contributed by atoms with Crippen LogP contribution in [0.15, 0.2) is 0 Å². The molecule has 4 heterocycles. The van der Waals surface area contributed by atoms with Crippen molar-refractivity contribution in [2.75, 3.05) is 53.0 Å². The van der Waals surface area contributed by atoms with Crippen molar-refractivity contribution in [2.45, 2.75) is 82.3 Å². The molecule has 0 aliphatic carbocycles. The van der Waals surface area contributed by atoms with Gasteiger partial charge >= 0.3 is 0 Å². The number of nitrogens with zero attached hydrogens (tertiary/aromatic N) is 2. The second-order valence-corrected chi connectivity index (χ2v) is 11.0. The first-order valence-corrected chi connectivity index (χ1v) is 12.7. The van der Waals surface area contributed by atoms with E-state index >= 15 is 0 Å². The van der Waals surface area contributed by atoms with E-state index < -0.39 is 19.7 Å². The third-order valence-corrected chi connectivity index (χ3v) is 8.51. The molecular weight excluding hydrogens is 451 g/mol. The zero-order valence-corrected chi connectivity index (χ0v) is 20.8. The van der Waals surface area contributed by atoms with Crippen LogP contribution in [0, 0.1) is 6.57 Å². The topological polar surface area (TPSA) is 81.4 Å². The SMILES string of the molecule is [2H]C[C@@]12CO[C@@H](CO1)[C@@H]2OCOC[C@@]12CO[C@@H](CO1)[C@@H]2OP(OCC[N+]#[C-])N(C(C)C)C(C)C. The van der Waals surface area contributed by atoms with Gasteiger partial charge in [0.25, 0.3) is 8.53 Å². The Labute approximate surface area is 199 Å². The second-order valence-electron chi connectivity index (χ2n) is 9.55. The Morgan fingerprint density at radius 3 is 2.45 bits per heavy atom. The van der Waals surface area contributed by atoms with Gasteiger partial charge in [-0.2, -0.15) is 0 Å². The van der Waals surface area contributed by atoms with E-state index in [1.807, 2.05) is 0 Å². The van der Waals surface area contributed by atoms with E-state index in [-0.39, 0.29) is 63.3 Å². The van der Waals surface area contributed by atoms with Crippen molar-refractivity contribution in [3.05, 3.63) is 11.4 Å². The van der Waals surface area contributed by atoms with Gasteiger partial charge in [0.15, 0.2) is 0 Å². The summed E-state index contributed by atoms with van der Waals surface area (Å²) in [5.41, 5.74) is -1.44. The molecular formula is C22H37N2O8P. The summed E-state index contributed by atoms with van der Waals surface area (Å²) < 4.78 is 58.0. The number of hydrogen-bond donors (Lipinski definition) is 0. The first-order chi connectivity index (χ1) is 16.4. The lowest BCUT2D eigenvalue weighted by Crippen LogP contribution is -2.47. The lowest BCUT2D eigenvalue weighted by Gasteiger charge is -2.38. The molecule has 10 nitrogen and oxygen atoms in total. The Hall–Kier alpha value is -0.440. The van der Waals surface area contributed by atoms with Gasteiger partial charge in [-0.3, -0.25) is 0 Å². The van der Waals surface area contributed by atoms with E-state index in [1.54, 1.807) is 0 Å². The summed E-state index contributed by atoms with van der Waals surface area (Å²) in [5, 5.41) is 0. The summed E-state index contributed by atoms with van der Waals surface area (Å²) in [5.74, 6) is 0. The number of hydrogen-bond acceptors (Lipinski definition) is 9. The van der Waals surface area contributed by atoms with Crippen molar-refractivity contribution >= 4 is 8.53 Å². The third-order valence-electron chi connectivity index (χ3n) is 6.40. The van der Waals surface area contributed by atoms with Gasteiger partial charge < -0.3 is 42.3 Å². The van der Waals surface area contributed by atoms with Crippen LogP contribution >= 0.6 is 8.53 Å². The maximum Gasteiger partial charge on any atom is 0.259 e. The standard InChI is InChI=1S/C22H37N2O8P/c1-15(2)24(16(3)4)33(31-8-7-23-6)32-20-18-10-30-22(20,13-27-18)12-25-14-28-19-17-9-29-21(19,5)11-26-17/h15-20H,7-14H2,1-5H3/t17-,18-,19-,20-,21-,22-,33?/m0/s1/i5D. The molecule has 4 bridgehead atoms. The van der Waals surface area contributed by atoms with Crippen molar-refractivity contribution in [3.8, 4) is 0 Å². The van der Waals surface area contributed by atoms with E-state index in [2.05, 4.69) is 37.2 Å². The van der Waals surface area contributed by atoms with Crippen molar-refractivity contribution < 1.29 is 38.8 Å². The largest absolute Gasteiger partial charge is 0.370 e. The number of rotatable bonds is 13. The van der Waals surface area contributed by atoms with Crippen LogP contribution in [-0.2, 0) is 37.5 Å². The van der Waals surface area contributed by atoms with Crippen molar-refractivity contribution in [2.24, 2.45) is 0 Å². The fraction of sp³-hybridized carbons (Fsp3) is 0.955. The summed E-state index contributed by atoms with van der Waals surface area (Å²) in [6.07, 6.45) is -1.00. The minimum Gasteiger partial charge on any atom is -0.370 e. The average molecular weight is 490 g/mol. The van der Waals surface area contributed by atoms with E-state index in [1.165, 1.54) is 0 Å². The molecule has 0 aromatic heterocycles. The Morgan fingerprint density at radius 1 is 1.12 bits per heavy atom. The molecule has 4 saturated heterocycles. The van der Waals surface area contributed by atoms with Crippen LogP contribution in [0.4, 0.5) is 0 Å². The highest BCUT2D eigenvalue weighted by Gasteiger charge is 2.60. The Kier molecular flexibility index (Phi) is 7.84. The van der Waals surface area contributed by atoms with Gasteiger partial charge in [-0.25, -0.2) is 11.2 Å². The summed E-state index contributed by atoms with van der Waals surface area (Å²) in [6, 6.07) is 0.409. The van der Waals surface area contributed by atoms with Crippen molar-refractivity contribution in [3.63, 3.8) is 0 Å². The average Bonchev–Trinajstić information content (AvgIpc) is 3.54. The molecule has 11 heteroatoms. The third kappa shape index (κ3) is 5.24. The van der Waals surface area contributed by atoms with Gasteiger partial charge in [-0.15, -0.1) is 0 Å². The molecule has 0 spiro atoms. The van der Waals surface area contributed by atoms with Crippen LogP contribution in [0.3, 0.4) is 0 Å². The lowest BCUT2D eigenvalue weighted by atomic mass is 10.0. The highest BCUT2D eigenvalue weighted by Crippen LogP contribution is 2.52. The smallest absolute Gasteiger partial charge is 0.259 e. The zero-order valence-electron chi connectivity index (χ0n) is 20.9. The first kappa shape index (κ1) is 24.3. The van der Waals surface area contributed by atoms with Crippen molar-refractivity contribution in [1.29, 1.82) is 0 Å². The fourth-order valence-corrected chi connectivity index (χ4v) is 6.66. The summed E-state index contributed by atoms with van der Waals surface area (Å²) in [7, 11) is -1.42. The highest BCUT2D eigenvalue weighted by atomic mass is 31.2. The maximum atomic E-state index is 7.83. The van der Waals surface area contributed by atoms with Crippen LogP contribution in [0.2, 0.25) is 0 Å². The van der Waals surface area contributed by atoms with Crippen LogP contribution in [0.25, 0.3) is 4.85 Å². The summed E-state index contributed by atoms with van der Waals surface area (Å²) >= 11 is 0. The van der Waals surface area contributed by atoms with Gasteiger partial charge in [-0.1, -0.05) is 0 Å². The molecule has 7 atom stereocenters. The molecule has 0 N–H and O–H groups in total. The first-order valence-electron chi connectivity index (χ1n) is 12.3. The summed E-state index contributed by atoms with van der Waals surface area (Å²) in [6.45, 7) is 18.1. The van der Waals surface area contributed by atoms with E-state index in [9.17, 15) is 0 Å². The predicted octanol–water partition coefficient (Wildman–Crippen LogP) is 2.37. The minimum atomic E-state index is -1.42. The van der Waals surface area contributed by atoms with Gasteiger partial charge in [0.05, 0.1) is 33.0 Å². The predicted molar refractivity (Wildman–Crippen MR) is 120 cm³/mol. The number of ether oxygens (including phenoxy) is 6. The molecule has 4 aliphatic heterocycles. The van der Waals surface area contributed by atoms with Crippen LogP contribution in [0.5, 0.6) is 0 Å². The Balaban J connectivity index is 1.36. The minimum absolute atomic E-state index is 0.0402. The van der Waals surface area contributed by atoms with E-state index in [0.29, 0.717) is 33.0 Å². The van der Waals surface area contributed by atoms with Crippen LogP contribution < -0.4 is 0 Å². The molecule has 0 amide bonds. The fourth-order valence-electron chi connectivity index (χ4n) is 4.84. The lowest BCUT2D eigenvalue weighted by molar-refractivity contribution is -0.176. The van der Waals surface area contributed by atoms with Crippen LogP contribution in [0.1, 0.15) is 36.0 Å². The monoisotopic (exact) mass is 489 g/mol. The molecule has 0 saturated carbocycles. The molecule has 33 heavy (non-hydrogen) atoms. The maximum absolute atomic E-state index is 7.83. The van der Waals surface area contributed by atoms with Gasteiger partial charge in [0, 0.05) is 13.5 Å². The molecule has 4 fully saturated rings. The second kappa shape index (κ2) is 10.7. The van der Waals surface area contributed by atoms with E-state index in [4.69, 9.17) is 45.4 Å². The quantitative estimate of drug-likeness (QED) is 0.168. The van der Waals surface area contributed by atoms with Crippen LogP contribution in [-0.4, -0.2) is 105 Å². The highest BCUT2D eigenvalue weighted by molar-refractivity contribution is 7.44.